The second-order valence-corrected chi connectivity index (χ2v) is 4.88. The van der Waals surface area contributed by atoms with Gasteiger partial charge in [0.2, 0.25) is 5.91 Å². The van der Waals surface area contributed by atoms with Crippen LogP contribution in [0.15, 0.2) is 0 Å². The van der Waals surface area contributed by atoms with E-state index in [9.17, 15) is 4.79 Å². The Morgan fingerprint density at radius 1 is 1.47 bits per heavy atom. The van der Waals surface area contributed by atoms with E-state index < -0.39 is 0 Å². The van der Waals surface area contributed by atoms with E-state index in [2.05, 4.69) is 24.5 Å². The molecule has 0 saturated carbocycles. The van der Waals surface area contributed by atoms with Crippen LogP contribution in [0.3, 0.4) is 0 Å². The van der Waals surface area contributed by atoms with Crippen LogP contribution in [0.25, 0.3) is 0 Å². The van der Waals surface area contributed by atoms with Gasteiger partial charge in [0, 0.05) is 19.0 Å². The highest BCUT2D eigenvalue weighted by molar-refractivity contribution is 5.75. The van der Waals surface area contributed by atoms with Crippen LogP contribution in [0, 0.1) is 5.92 Å². The fourth-order valence-corrected chi connectivity index (χ4v) is 2.00. The topological polar surface area (TPSA) is 41.1 Å². The van der Waals surface area contributed by atoms with E-state index in [0.29, 0.717) is 18.4 Å². The van der Waals surface area contributed by atoms with Crippen LogP contribution < -0.4 is 10.6 Å². The molecule has 1 unspecified atom stereocenters. The predicted molar refractivity (Wildman–Crippen MR) is 62.7 cm³/mol. The lowest BCUT2D eigenvalue weighted by molar-refractivity contribution is -0.121. The van der Waals surface area contributed by atoms with Crippen molar-refractivity contribution >= 4 is 5.91 Å². The zero-order valence-corrected chi connectivity index (χ0v) is 10.0. The molecule has 1 aliphatic rings. The number of amides is 1. The Kier molecular flexibility index (Phi) is 5.69. The second kappa shape index (κ2) is 6.83. The minimum Gasteiger partial charge on any atom is -0.356 e. The average Bonchev–Trinajstić information content (AvgIpc) is 2.18. The van der Waals surface area contributed by atoms with E-state index in [4.69, 9.17) is 0 Å². The van der Waals surface area contributed by atoms with Crippen molar-refractivity contribution in [3.05, 3.63) is 0 Å². The molecule has 0 aromatic rings. The van der Waals surface area contributed by atoms with Crippen molar-refractivity contribution in [3.63, 3.8) is 0 Å². The van der Waals surface area contributed by atoms with Crippen molar-refractivity contribution in [2.75, 3.05) is 13.1 Å². The summed E-state index contributed by atoms with van der Waals surface area (Å²) in [6.45, 7) is 6.11. The maximum absolute atomic E-state index is 11.4. The molecule has 1 rings (SSSR count). The van der Waals surface area contributed by atoms with Gasteiger partial charge in [0.1, 0.15) is 0 Å². The van der Waals surface area contributed by atoms with Crippen molar-refractivity contribution in [1.82, 2.24) is 10.6 Å². The van der Waals surface area contributed by atoms with Crippen LogP contribution in [0.2, 0.25) is 0 Å². The molecule has 0 aromatic heterocycles. The molecule has 0 spiro atoms. The second-order valence-electron chi connectivity index (χ2n) is 4.88. The Labute approximate surface area is 93.0 Å². The largest absolute Gasteiger partial charge is 0.356 e. The van der Waals surface area contributed by atoms with Gasteiger partial charge in [-0.2, -0.15) is 0 Å². The van der Waals surface area contributed by atoms with Gasteiger partial charge in [-0.05, 0) is 31.7 Å². The van der Waals surface area contributed by atoms with Crippen LogP contribution >= 0.6 is 0 Å². The zero-order valence-electron chi connectivity index (χ0n) is 10.0. The summed E-state index contributed by atoms with van der Waals surface area (Å²) in [5.41, 5.74) is 0. The molecule has 1 fully saturated rings. The molecule has 0 aromatic carbocycles. The minimum atomic E-state index is 0.195. The van der Waals surface area contributed by atoms with Gasteiger partial charge in [-0.1, -0.05) is 20.3 Å². The molecule has 15 heavy (non-hydrogen) atoms. The number of piperidine rings is 1. The number of hydrogen-bond acceptors (Lipinski definition) is 2. The highest BCUT2D eigenvalue weighted by atomic mass is 16.1. The molecule has 1 amide bonds. The van der Waals surface area contributed by atoms with Crippen molar-refractivity contribution in [2.24, 2.45) is 5.92 Å². The van der Waals surface area contributed by atoms with Gasteiger partial charge < -0.3 is 10.6 Å². The average molecular weight is 212 g/mol. The standard InChI is InChI=1S/C12H24N2O/c1-10(2)9-12(15)14-8-6-11-5-3-4-7-13-11/h10-11,13H,3-9H2,1-2H3,(H,14,15). The van der Waals surface area contributed by atoms with Gasteiger partial charge >= 0.3 is 0 Å². The SMILES string of the molecule is CC(C)CC(=O)NCCC1CCCCN1. The Morgan fingerprint density at radius 2 is 2.27 bits per heavy atom. The maximum Gasteiger partial charge on any atom is 0.220 e. The first-order valence-electron chi connectivity index (χ1n) is 6.18. The number of carbonyl (C=O) groups is 1. The quantitative estimate of drug-likeness (QED) is 0.728. The first-order chi connectivity index (χ1) is 7.18. The predicted octanol–water partition coefficient (Wildman–Crippen LogP) is 1.68. The molecule has 1 atom stereocenters. The van der Waals surface area contributed by atoms with Crippen molar-refractivity contribution in [3.8, 4) is 0 Å². The van der Waals surface area contributed by atoms with Gasteiger partial charge in [0.05, 0.1) is 0 Å². The van der Waals surface area contributed by atoms with E-state index in [1.807, 2.05) is 0 Å². The third kappa shape index (κ3) is 5.78. The van der Waals surface area contributed by atoms with Crippen LogP contribution in [0.5, 0.6) is 0 Å². The van der Waals surface area contributed by atoms with Gasteiger partial charge in [-0.15, -0.1) is 0 Å². The molecule has 1 heterocycles. The summed E-state index contributed by atoms with van der Waals surface area (Å²) in [4.78, 5) is 11.4. The van der Waals surface area contributed by atoms with Gasteiger partial charge in [0.25, 0.3) is 0 Å². The molecule has 0 radical (unpaired) electrons. The zero-order chi connectivity index (χ0) is 11.1. The summed E-state index contributed by atoms with van der Waals surface area (Å²) in [5.74, 6) is 0.651. The summed E-state index contributed by atoms with van der Waals surface area (Å²) >= 11 is 0. The fourth-order valence-electron chi connectivity index (χ4n) is 2.00. The molecule has 1 aliphatic heterocycles. The summed E-state index contributed by atoms with van der Waals surface area (Å²) in [7, 11) is 0. The van der Waals surface area contributed by atoms with Gasteiger partial charge in [-0.25, -0.2) is 0 Å². The normalized spacial score (nSPS) is 21.7. The molecule has 3 heteroatoms. The van der Waals surface area contributed by atoms with E-state index in [1.165, 1.54) is 19.3 Å². The van der Waals surface area contributed by atoms with Crippen LogP contribution in [-0.4, -0.2) is 25.0 Å². The minimum absolute atomic E-state index is 0.195. The van der Waals surface area contributed by atoms with Crippen LogP contribution in [0.4, 0.5) is 0 Å². The first-order valence-corrected chi connectivity index (χ1v) is 6.18. The van der Waals surface area contributed by atoms with Crippen molar-refractivity contribution in [1.29, 1.82) is 0 Å². The highest BCUT2D eigenvalue weighted by Gasteiger charge is 2.12. The van der Waals surface area contributed by atoms with Gasteiger partial charge in [0.15, 0.2) is 0 Å². The summed E-state index contributed by atoms with van der Waals surface area (Å²) in [6.07, 6.45) is 5.62. The Balaban J connectivity index is 2.02. The molecular weight excluding hydrogens is 188 g/mol. The number of carbonyl (C=O) groups excluding carboxylic acids is 1. The maximum atomic E-state index is 11.4. The monoisotopic (exact) mass is 212 g/mol. The number of hydrogen-bond donors (Lipinski definition) is 2. The molecule has 0 aliphatic carbocycles. The molecular formula is C12H24N2O. The Hall–Kier alpha value is -0.570. The lowest BCUT2D eigenvalue weighted by Gasteiger charge is -2.23. The van der Waals surface area contributed by atoms with Gasteiger partial charge in [-0.3, -0.25) is 4.79 Å². The third-order valence-electron chi connectivity index (χ3n) is 2.82. The molecule has 3 nitrogen and oxygen atoms in total. The smallest absolute Gasteiger partial charge is 0.220 e. The Bertz CT molecular complexity index is 186. The summed E-state index contributed by atoms with van der Waals surface area (Å²) < 4.78 is 0. The lowest BCUT2D eigenvalue weighted by atomic mass is 10.0. The number of nitrogens with one attached hydrogen (secondary N) is 2. The van der Waals surface area contributed by atoms with Crippen molar-refractivity contribution in [2.45, 2.75) is 52.0 Å². The molecule has 88 valence electrons. The number of rotatable bonds is 5. The molecule has 0 bridgehead atoms. The van der Waals surface area contributed by atoms with E-state index >= 15 is 0 Å². The van der Waals surface area contributed by atoms with Crippen LogP contribution in [-0.2, 0) is 4.79 Å². The lowest BCUT2D eigenvalue weighted by Crippen LogP contribution is -2.37. The highest BCUT2D eigenvalue weighted by Crippen LogP contribution is 2.09. The first kappa shape index (κ1) is 12.5. The van der Waals surface area contributed by atoms with Crippen molar-refractivity contribution < 1.29 is 4.79 Å². The fraction of sp³-hybridized carbons (Fsp3) is 0.917. The molecule has 2 N–H and O–H groups in total. The summed E-state index contributed by atoms with van der Waals surface area (Å²) in [5, 5.41) is 6.46. The molecule has 1 saturated heterocycles. The third-order valence-corrected chi connectivity index (χ3v) is 2.82. The van der Waals surface area contributed by atoms with E-state index in [0.717, 1.165) is 19.5 Å². The summed E-state index contributed by atoms with van der Waals surface area (Å²) in [6, 6.07) is 0.623. The van der Waals surface area contributed by atoms with E-state index in [1.54, 1.807) is 0 Å². The van der Waals surface area contributed by atoms with Crippen LogP contribution in [0.1, 0.15) is 46.0 Å². The van der Waals surface area contributed by atoms with E-state index in [-0.39, 0.29) is 5.91 Å². The Morgan fingerprint density at radius 3 is 2.87 bits per heavy atom.